The van der Waals surface area contributed by atoms with E-state index in [1.165, 1.54) is 0 Å². The van der Waals surface area contributed by atoms with E-state index in [2.05, 4.69) is 5.32 Å². The number of nitrogens with one attached hydrogen (secondary N) is 1. The van der Waals surface area contributed by atoms with Crippen LogP contribution in [-0.4, -0.2) is 19.3 Å². The summed E-state index contributed by atoms with van der Waals surface area (Å²) >= 11 is 0. The smallest absolute Gasteiger partial charge is 0.131 e. The summed E-state index contributed by atoms with van der Waals surface area (Å²) in [5.41, 5.74) is 0.898. The van der Waals surface area contributed by atoms with Gasteiger partial charge in [-0.3, -0.25) is 0 Å². The molecule has 1 atom stereocenters. The van der Waals surface area contributed by atoms with E-state index in [0.29, 0.717) is 24.3 Å². The molecule has 102 valence electrons. The van der Waals surface area contributed by atoms with Crippen molar-refractivity contribution in [1.29, 1.82) is 0 Å². The van der Waals surface area contributed by atoms with Gasteiger partial charge in [0.1, 0.15) is 11.6 Å². The molecular weight excluding hydrogens is 236 g/mol. The summed E-state index contributed by atoms with van der Waals surface area (Å²) in [5.74, 6) is -1.05. The minimum absolute atomic E-state index is 0.0794. The van der Waals surface area contributed by atoms with Crippen LogP contribution in [0.1, 0.15) is 37.9 Å². The molecule has 0 fully saturated rings. The highest BCUT2D eigenvalue weighted by Gasteiger charge is 2.17. The Morgan fingerprint density at radius 2 is 1.89 bits per heavy atom. The van der Waals surface area contributed by atoms with Crippen LogP contribution in [0.2, 0.25) is 0 Å². The van der Waals surface area contributed by atoms with Crippen molar-refractivity contribution in [2.45, 2.75) is 39.8 Å². The summed E-state index contributed by atoms with van der Waals surface area (Å²) in [4.78, 5) is 0. The lowest BCUT2D eigenvalue weighted by atomic mass is 10.0. The van der Waals surface area contributed by atoms with Crippen molar-refractivity contribution in [3.05, 3.63) is 34.9 Å². The van der Waals surface area contributed by atoms with E-state index < -0.39 is 11.6 Å². The summed E-state index contributed by atoms with van der Waals surface area (Å²) in [5, 5.41) is 3.15. The van der Waals surface area contributed by atoms with Gasteiger partial charge in [-0.05, 0) is 38.9 Å². The number of hydrogen-bond acceptors (Lipinski definition) is 2. The molecule has 0 aliphatic heterocycles. The Kier molecular flexibility index (Phi) is 5.69. The zero-order chi connectivity index (χ0) is 13.7. The van der Waals surface area contributed by atoms with Gasteiger partial charge in [0.05, 0.1) is 18.8 Å². The van der Waals surface area contributed by atoms with E-state index in [1.807, 2.05) is 20.8 Å². The molecule has 0 aliphatic rings. The average Bonchev–Trinajstić information content (AvgIpc) is 2.29. The Morgan fingerprint density at radius 3 is 2.44 bits per heavy atom. The number of ether oxygens (including phenoxy) is 1. The molecule has 1 rings (SSSR count). The quantitative estimate of drug-likeness (QED) is 0.844. The van der Waals surface area contributed by atoms with E-state index >= 15 is 0 Å². The van der Waals surface area contributed by atoms with E-state index in [0.717, 1.165) is 6.07 Å². The average molecular weight is 257 g/mol. The van der Waals surface area contributed by atoms with Gasteiger partial charge in [-0.15, -0.1) is 0 Å². The van der Waals surface area contributed by atoms with Crippen LogP contribution in [0.5, 0.6) is 0 Å². The number of likely N-dealkylation sites (N-methyl/N-ethyl adjacent to an activating group) is 1. The maximum atomic E-state index is 13.8. The fourth-order valence-corrected chi connectivity index (χ4v) is 1.74. The van der Waals surface area contributed by atoms with Crippen LogP contribution < -0.4 is 5.32 Å². The second-order valence-corrected chi connectivity index (χ2v) is 4.62. The summed E-state index contributed by atoms with van der Waals surface area (Å²) in [6.45, 7) is 8.49. The van der Waals surface area contributed by atoms with Crippen molar-refractivity contribution in [3.63, 3.8) is 0 Å². The maximum Gasteiger partial charge on any atom is 0.131 e. The zero-order valence-electron chi connectivity index (χ0n) is 11.4. The molecule has 1 N–H and O–H groups in total. The first-order valence-corrected chi connectivity index (χ1v) is 6.26. The molecule has 0 heterocycles. The monoisotopic (exact) mass is 257 g/mol. The molecule has 0 saturated heterocycles. The minimum Gasteiger partial charge on any atom is -0.377 e. The van der Waals surface area contributed by atoms with Crippen molar-refractivity contribution < 1.29 is 13.5 Å². The van der Waals surface area contributed by atoms with Crippen molar-refractivity contribution in [3.8, 4) is 0 Å². The third-order valence-electron chi connectivity index (χ3n) is 2.70. The molecule has 0 aromatic heterocycles. The predicted octanol–water partition coefficient (Wildman–Crippen LogP) is 3.35. The van der Waals surface area contributed by atoms with Gasteiger partial charge in [0.15, 0.2) is 0 Å². The first-order valence-electron chi connectivity index (χ1n) is 6.26. The number of hydrogen-bond donors (Lipinski definition) is 1. The minimum atomic E-state index is -0.531. The van der Waals surface area contributed by atoms with Crippen LogP contribution in [0.4, 0.5) is 8.78 Å². The van der Waals surface area contributed by atoms with E-state index in [9.17, 15) is 8.78 Å². The van der Waals surface area contributed by atoms with E-state index in [4.69, 9.17) is 4.74 Å². The largest absolute Gasteiger partial charge is 0.377 e. The molecule has 0 bridgehead atoms. The van der Waals surface area contributed by atoms with Crippen molar-refractivity contribution in [2.75, 3.05) is 13.2 Å². The summed E-state index contributed by atoms with van der Waals surface area (Å²) in [6.07, 6.45) is 0.0794. The summed E-state index contributed by atoms with van der Waals surface area (Å²) in [6, 6.07) is 2.23. The highest BCUT2D eigenvalue weighted by molar-refractivity contribution is 5.28. The Morgan fingerprint density at radius 1 is 1.22 bits per heavy atom. The number of aryl methyl sites for hydroxylation is 1. The fraction of sp³-hybridized carbons (Fsp3) is 0.571. The van der Waals surface area contributed by atoms with Crippen LogP contribution in [-0.2, 0) is 4.74 Å². The first-order chi connectivity index (χ1) is 8.45. The van der Waals surface area contributed by atoms with Crippen molar-refractivity contribution in [1.82, 2.24) is 5.32 Å². The molecule has 18 heavy (non-hydrogen) atoms. The summed E-state index contributed by atoms with van der Waals surface area (Å²) < 4.78 is 32.5. The lowest BCUT2D eigenvalue weighted by Gasteiger charge is -2.21. The lowest BCUT2D eigenvalue weighted by Crippen LogP contribution is -2.27. The molecule has 0 spiro atoms. The third kappa shape index (κ3) is 4.03. The molecular formula is C14H21F2NO. The predicted molar refractivity (Wildman–Crippen MR) is 68.6 cm³/mol. The van der Waals surface area contributed by atoms with Crippen LogP contribution in [0.15, 0.2) is 12.1 Å². The van der Waals surface area contributed by atoms with Crippen LogP contribution >= 0.6 is 0 Å². The Labute approximate surface area is 107 Å². The number of halogens is 2. The van der Waals surface area contributed by atoms with E-state index in [1.54, 1.807) is 13.0 Å². The fourth-order valence-electron chi connectivity index (χ4n) is 1.74. The van der Waals surface area contributed by atoms with Crippen molar-refractivity contribution >= 4 is 0 Å². The second-order valence-electron chi connectivity index (χ2n) is 4.62. The topological polar surface area (TPSA) is 21.3 Å². The molecule has 4 heteroatoms. The molecule has 1 aromatic rings. The Hall–Kier alpha value is -1.00. The van der Waals surface area contributed by atoms with Gasteiger partial charge in [-0.2, -0.15) is 0 Å². The molecule has 2 nitrogen and oxygen atoms in total. The van der Waals surface area contributed by atoms with E-state index in [-0.39, 0.29) is 12.1 Å². The summed E-state index contributed by atoms with van der Waals surface area (Å²) in [7, 11) is 0. The van der Waals surface area contributed by atoms with Crippen LogP contribution in [0, 0.1) is 18.6 Å². The van der Waals surface area contributed by atoms with Crippen molar-refractivity contribution in [2.24, 2.45) is 0 Å². The van der Waals surface area contributed by atoms with Crippen LogP contribution in [0.25, 0.3) is 0 Å². The Balaban J connectivity index is 2.94. The SMILES string of the molecule is CCNC(COC(C)C)c1cc(C)c(F)cc1F. The highest BCUT2D eigenvalue weighted by Crippen LogP contribution is 2.21. The zero-order valence-corrected chi connectivity index (χ0v) is 11.4. The van der Waals surface area contributed by atoms with Gasteiger partial charge in [0.2, 0.25) is 0 Å². The molecule has 0 amide bonds. The van der Waals surface area contributed by atoms with Gasteiger partial charge in [-0.25, -0.2) is 8.78 Å². The van der Waals surface area contributed by atoms with Gasteiger partial charge in [0, 0.05) is 11.6 Å². The maximum absolute atomic E-state index is 13.8. The molecule has 0 radical (unpaired) electrons. The molecule has 1 aromatic carbocycles. The highest BCUT2D eigenvalue weighted by atomic mass is 19.1. The molecule has 1 unspecified atom stereocenters. The van der Waals surface area contributed by atoms with Crippen LogP contribution in [0.3, 0.4) is 0 Å². The van der Waals surface area contributed by atoms with Gasteiger partial charge in [0.25, 0.3) is 0 Å². The third-order valence-corrected chi connectivity index (χ3v) is 2.70. The number of rotatable bonds is 6. The standard InChI is InChI=1S/C14H21F2NO/c1-5-17-14(8-18-9(2)3)11-6-10(4)12(15)7-13(11)16/h6-7,9,14,17H,5,8H2,1-4H3. The normalized spacial score (nSPS) is 13.1. The van der Waals surface area contributed by atoms with Gasteiger partial charge in [-0.1, -0.05) is 6.92 Å². The second kappa shape index (κ2) is 6.81. The van der Waals surface area contributed by atoms with Gasteiger partial charge < -0.3 is 10.1 Å². The van der Waals surface area contributed by atoms with Gasteiger partial charge >= 0.3 is 0 Å². The Bertz CT molecular complexity index is 394. The molecule has 0 aliphatic carbocycles. The number of benzene rings is 1. The molecule has 0 saturated carbocycles. The first kappa shape index (κ1) is 15.1. The lowest BCUT2D eigenvalue weighted by molar-refractivity contribution is 0.0607.